The summed E-state index contributed by atoms with van der Waals surface area (Å²) in [6.45, 7) is 1.11. The van der Waals surface area contributed by atoms with Crippen LogP contribution in [0.3, 0.4) is 0 Å². The molecule has 0 bridgehead atoms. The minimum Gasteiger partial charge on any atom is -0.391 e. The number of methoxy groups -OCH3 is 1. The minimum atomic E-state index is -0.506. The van der Waals surface area contributed by atoms with Crippen molar-refractivity contribution in [3.05, 3.63) is 42.4 Å². The fourth-order valence-electron chi connectivity index (χ4n) is 4.87. The maximum absolute atomic E-state index is 13.0. The van der Waals surface area contributed by atoms with Crippen LogP contribution in [-0.4, -0.2) is 80.8 Å². The highest BCUT2D eigenvalue weighted by Crippen LogP contribution is 2.36. The molecule has 1 saturated heterocycles. The molecular weight excluding hydrogens is 450 g/mol. The summed E-state index contributed by atoms with van der Waals surface area (Å²) in [7, 11) is 3.49. The number of rotatable bonds is 6. The molecule has 0 radical (unpaired) electrons. The number of aliphatic hydroxyl groups is 1. The molecular formula is C24H27N7O4. The van der Waals surface area contributed by atoms with Crippen molar-refractivity contribution in [1.82, 2.24) is 29.5 Å². The molecule has 1 amide bonds. The number of pyridine rings is 1. The van der Waals surface area contributed by atoms with Crippen LogP contribution in [0.1, 0.15) is 29.2 Å². The minimum absolute atomic E-state index is 0.0294. The average Bonchev–Trinajstić information content (AvgIpc) is 3.63. The van der Waals surface area contributed by atoms with E-state index >= 15 is 0 Å². The Labute approximate surface area is 201 Å². The summed E-state index contributed by atoms with van der Waals surface area (Å²) < 4.78 is 15.0. The Balaban J connectivity index is 1.40. The van der Waals surface area contributed by atoms with Crippen LogP contribution in [0.4, 0.5) is 5.82 Å². The van der Waals surface area contributed by atoms with Crippen LogP contribution in [0, 0.1) is 0 Å². The van der Waals surface area contributed by atoms with Crippen LogP contribution in [0.2, 0.25) is 0 Å². The largest absolute Gasteiger partial charge is 0.391 e. The van der Waals surface area contributed by atoms with Gasteiger partial charge in [-0.2, -0.15) is 9.61 Å². The average molecular weight is 478 g/mol. The molecule has 11 nitrogen and oxygen atoms in total. The third-order valence-corrected chi connectivity index (χ3v) is 7.06. The lowest BCUT2D eigenvalue weighted by Crippen LogP contribution is -2.50. The van der Waals surface area contributed by atoms with Gasteiger partial charge in [-0.25, -0.2) is 9.97 Å². The molecule has 35 heavy (non-hydrogen) atoms. The molecule has 1 aliphatic carbocycles. The highest BCUT2D eigenvalue weighted by Gasteiger charge is 2.33. The van der Waals surface area contributed by atoms with E-state index in [1.807, 2.05) is 24.4 Å². The van der Waals surface area contributed by atoms with Gasteiger partial charge in [0.1, 0.15) is 23.3 Å². The summed E-state index contributed by atoms with van der Waals surface area (Å²) >= 11 is 0. The summed E-state index contributed by atoms with van der Waals surface area (Å²) in [6, 6.07) is 5.68. The molecule has 6 rings (SSSR count). The highest BCUT2D eigenvalue weighted by molar-refractivity contribution is 6.00. The number of nitrogens with one attached hydrogen (secondary N) is 2. The van der Waals surface area contributed by atoms with E-state index in [4.69, 9.17) is 19.4 Å². The standard InChI is InChI=1S/C24H27N7O4/c1-25-21-8-17(28-23-15(10-27-31(21)23)24(33)29-16-5-6-19(16)32)14-9-26-22-13(14)4-3-7-30(22)18-11-35-12-20(18)34-2/h3-4,7-10,16,18-20,25,32H,5-6,11-12H2,1-2H3,(H,29,33)/t16-,18+,19-,20+/m1/s1. The molecule has 3 aliphatic heterocycles. The molecule has 4 atom stereocenters. The van der Waals surface area contributed by atoms with Gasteiger partial charge in [-0.05, 0) is 25.0 Å². The van der Waals surface area contributed by atoms with Crippen LogP contribution in [0.5, 0.6) is 0 Å². The van der Waals surface area contributed by atoms with Crippen LogP contribution in [-0.2, 0) is 9.47 Å². The lowest BCUT2D eigenvalue weighted by Gasteiger charge is -2.32. The zero-order chi connectivity index (χ0) is 24.1. The molecule has 2 fully saturated rings. The number of hydrogen-bond donors (Lipinski definition) is 3. The summed E-state index contributed by atoms with van der Waals surface area (Å²) in [5.41, 5.74) is 3.25. The predicted molar refractivity (Wildman–Crippen MR) is 128 cm³/mol. The number of hydrogen-bond acceptors (Lipinski definition) is 8. The van der Waals surface area contributed by atoms with E-state index < -0.39 is 6.10 Å². The van der Waals surface area contributed by atoms with Crippen LogP contribution >= 0.6 is 0 Å². The van der Waals surface area contributed by atoms with Crippen molar-refractivity contribution in [1.29, 1.82) is 0 Å². The maximum Gasteiger partial charge on any atom is 0.257 e. The molecule has 5 heterocycles. The number of ether oxygens (including phenoxy) is 2. The molecule has 0 unspecified atom stereocenters. The first kappa shape index (κ1) is 22.0. The number of carbonyl (C=O) groups excluding carboxylic acids is 1. The Morgan fingerprint density at radius 1 is 1.26 bits per heavy atom. The molecule has 11 heteroatoms. The van der Waals surface area contributed by atoms with E-state index in [-0.39, 0.29) is 24.1 Å². The van der Waals surface area contributed by atoms with Gasteiger partial charge in [0.2, 0.25) is 0 Å². The number of carbonyl (C=O) groups is 1. The second-order valence-electron chi connectivity index (χ2n) is 9.00. The van der Waals surface area contributed by atoms with Crippen LogP contribution in [0.15, 0.2) is 36.8 Å². The van der Waals surface area contributed by atoms with Gasteiger partial charge in [0.25, 0.3) is 5.91 Å². The molecule has 2 aromatic rings. The Morgan fingerprint density at radius 2 is 2.14 bits per heavy atom. The second-order valence-corrected chi connectivity index (χ2v) is 9.00. The summed E-state index contributed by atoms with van der Waals surface area (Å²) in [5.74, 6) is 1.21. The Hall–Kier alpha value is -3.54. The quantitative estimate of drug-likeness (QED) is 0.382. The summed E-state index contributed by atoms with van der Waals surface area (Å²) in [4.78, 5) is 22.5. The monoisotopic (exact) mass is 477 g/mol. The molecule has 4 aliphatic rings. The molecule has 1 saturated carbocycles. The van der Waals surface area contributed by atoms with E-state index in [0.29, 0.717) is 42.4 Å². The van der Waals surface area contributed by atoms with E-state index in [9.17, 15) is 9.90 Å². The van der Waals surface area contributed by atoms with E-state index in [0.717, 1.165) is 23.4 Å². The van der Waals surface area contributed by atoms with E-state index in [2.05, 4.69) is 20.3 Å². The normalized spacial score (nSPS) is 24.1. The van der Waals surface area contributed by atoms with Crippen molar-refractivity contribution >= 4 is 17.4 Å². The molecule has 2 aromatic heterocycles. The number of aromatic nitrogens is 5. The van der Waals surface area contributed by atoms with Gasteiger partial charge >= 0.3 is 0 Å². The first-order valence-corrected chi connectivity index (χ1v) is 11.7. The molecule has 0 aromatic carbocycles. The van der Waals surface area contributed by atoms with Crippen molar-refractivity contribution in [3.8, 4) is 22.6 Å². The molecule has 0 spiro atoms. The Bertz CT molecular complexity index is 1370. The van der Waals surface area contributed by atoms with Gasteiger partial charge < -0.3 is 29.8 Å². The van der Waals surface area contributed by atoms with Gasteiger partial charge in [0, 0.05) is 43.7 Å². The van der Waals surface area contributed by atoms with Crippen LogP contribution in [0.25, 0.3) is 28.3 Å². The van der Waals surface area contributed by atoms with Gasteiger partial charge in [0.05, 0.1) is 43.3 Å². The van der Waals surface area contributed by atoms with Gasteiger partial charge in [-0.1, -0.05) is 0 Å². The fourth-order valence-corrected chi connectivity index (χ4v) is 4.87. The zero-order valence-corrected chi connectivity index (χ0v) is 19.5. The molecule has 182 valence electrons. The highest BCUT2D eigenvalue weighted by atomic mass is 16.5. The predicted octanol–water partition coefficient (Wildman–Crippen LogP) is 1.58. The van der Waals surface area contributed by atoms with Crippen LogP contribution < -0.4 is 10.6 Å². The third-order valence-electron chi connectivity index (χ3n) is 7.06. The maximum atomic E-state index is 13.0. The van der Waals surface area contributed by atoms with Gasteiger partial charge in [-0.15, -0.1) is 0 Å². The first-order chi connectivity index (χ1) is 17.1. The number of fused-ring (bicyclic) bond motifs is 2. The van der Waals surface area contributed by atoms with Crippen molar-refractivity contribution in [2.24, 2.45) is 0 Å². The number of anilines is 1. The fraction of sp³-hybridized carbons (Fsp3) is 0.417. The second kappa shape index (κ2) is 8.59. The van der Waals surface area contributed by atoms with Crippen molar-refractivity contribution in [3.63, 3.8) is 0 Å². The molecule has 3 N–H and O–H groups in total. The third kappa shape index (κ3) is 3.54. The Kier molecular flexibility index (Phi) is 5.39. The number of amides is 1. The zero-order valence-electron chi connectivity index (χ0n) is 19.5. The van der Waals surface area contributed by atoms with Gasteiger partial charge in [0.15, 0.2) is 5.65 Å². The summed E-state index contributed by atoms with van der Waals surface area (Å²) in [6.07, 6.45) is 6.21. The lowest BCUT2D eigenvalue weighted by molar-refractivity contribution is 0.0448. The van der Waals surface area contributed by atoms with E-state index in [1.54, 1.807) is 24.9 Å². The SMILES string of the molecule is CNc1cc(-c2cnc3n([C@H]4COC[C@@H]4OC)cccc2-3)nc2c(C(=O)N[C@@H]3CC[C@H]3O)cnn12. The number of nitrogens with zero attached hydrogens (tertiary/aromatic N) is 5. The van der Waals surface area contributed by atoms with Crippen molar-refractivity contribution in [2.75, 3.05) is 32.7 Å². The van der Waals surface area contributed by atoms with Crippen molar-refractivity contribution < 1.29 is 19.4 Å². The van der Waals surface area contributed by atoms with Gasteiger partial charge in [-0.3, -0.25) is 4.79 Å². The lowest BCUT2D eigenvalue weighted by atomic mass is 9.89. The Morgan fingerprint density at radius 3 is 2.89 bits per heavy atom. The topological polar surface area (TPSA) is 128 Å². The van der Waals surface area contributed by atoms with E-state index in [1.165, 1.54) is 6.20 Å². The first-order valence-electron chi connectivity index (χ1n) is 11.7. The smallest absolute Gasteiger partial charge is 0.257 e. The summed E-state index contributed by atoms with van der Waals surface area (Å²) in [5, 5.41) is 20.3. The number of aliphatic hydroxyl groups excluding tert-OH is 1. The van der Waals surface area contributed by atoms with Crippen molar-refractivity contribution in [2.45, 2.75) is 37.1 Å².